The third kappa shape index (κ3) is 8.09. The van der Waals surface area contributed by atoms with Gasteiger partial charge in [-0.15, -0.1) is 0 Å². The molecule has 7 heteroatoms. The monoisotopic (exact) mass is 313 g/mol. The highest BCUT2D eigenvalue weighted by Crippen LogP contribution is 2.22. The molecule has 0 aromatic rings. The molecule has 0 spiro atoms. The van der Waals surface area contributed by atoms with Gasteiger partial charge in [-0.05, 0) is 13.0 Å². The second kappa shape index (κ2) is 10.8. The third-order valence-corrected chi connectivity index (χ3v) is 3.27. The van der Waals surface area contributed by atoms with Crippen LogP contribution in [0.3, 0.4) is 0 Å². The van der Waals surface area contributed by atoms with E-state index in [1.165, 1.54) is 24.1 Å². The van der Waals surface area contributed by atoms with Crippen molar-refractivity contribution in [2.45, 2.75) is 13.3 Å². The molecule has 5 nitrogen and oxygen atoms in total. The number of allylic oxidation sites excluding steroid dienone is 3. The number of nitrogens with one attached hydrogen (secondary N) is 1. The van der Waals surface area contributed by atoms with Crippen LogP contribution < -0.4 is 0 Å². The largest absolute Gasteiger partial charge is 0.445 e. The molecule has 0 aliphatic rings. The van der Waals surface area contributed by atoms with Gasteiger partial charge in [0, 0.05) is 20.5 Å². The van der Waals surface area contributed by atoms with Crippen molar-refractivity contribution in [1.82, 2.24) is 4.90 Å². The average molecular weight is 313 g/mol. The number of aliphatic imine (C=N–C) groups is 1. The maximum absolute atomic E-state index is 13.1. The van der Waals surface area contributed by atoms with E-state index in [0.717, 1.165) is 18.0 Å². The van der Waals surface area contributed by atoms with Gasteiger partial charge in [-0.1, -0.05) is 30.5 Å². The van der Waals surface area contributed by atoms with Gasteiger partial charge in [-0.25, -0.2) is 9.18 Å². The second-order valence-electron chi connectivity index (χ2n) is 3.76. The number of carbonyl (C=O) groups is 1. The van der Waals surface area contributed by atoms with E-state index in [1.54, 1.807) is 20.0 Å². The minimum Gasteiger partial charge on any atom is -0.445 e. The van der Waals surface area contributed by atoms with Crippen molar-refractivity contribution in [3.8, 4) is 0 Å². The van der Waals surface area contributed by atoms with Gasteiger partial charge >= 0.3 is 6.09 Å². The topological polar surface area (TPSA) is 65.8 Å². The molecule has 0 aliphatic heterocycles. The Hall–Kier alpha value is -1.89. The smallest absolute Gasteiger partial charge is 0.414 e. The van der Waals surface area contributed by atoms with Crippen LogP contribution in [0.2, 0.25) is 0 Å². The van der Waals surface area contributed by atoms with Gasteiger partial charge in [-0.3, -0.25) is 15.3 Å². The first-order valence-electron chi connectivity index (χ1n) is 6.17. The van der Waals surface area contributed by atoms with Crippen LogP contribution in [0.1, 0.15) is 13.3 Å². The Bertz CT molecular complexity index is 473. The number of carbonyl (C=O) groups excluding carboxylic acids is 1. The zero-order chi connectivity index (χ0) is 16.3. The highest BCUT2D eigenvalue weighted by atomic mass is 32.2. The third-order valence-electron chi connectivity index (χ3n) is 2.14. The molecule has 0 heterocycles. The van der Waals surface area contributed by atoms with Gasteiger partial charge < -0.3 is 4.74 Å². The van der Waals surface area contributed by atoms with Crippen molar-refractivity contribution in [2.24, 2.45) is 4.99 Å². The average Bonchev–Trinajstić information content (AvgIpc) is 2.47. The van der Waals surface area contributed by atoms with Crippen LogP contribution in [0.15, 0.2) is 40.7 Å². The van der Waals surface area contributed by atoms with Crippen molar-refractivity contribution in [2.75, 3.05) is 20.7 Å². The zero-order valence-electron chi connectivity index (χ0n) is 12.4. The van der Waals surface area contributed by atoms with Gasteiger partial charge in [-0.2, -0.15) is 0 Å². The number of amides is 1. The van der Waals surface area contributed by atoms with Crippen molar-refractivity contribution in [3.05, 3.63) is 35.7 Å². The summed E-state index contributed by atoms with van der Waals surface area (Å²) in [6.45, 7) is 5.32. The minimum atomic E-state index is -0.539. The number of thioether (sulfide) groups is 1. The molecule has 116 valence electrons. The van der Waals surface area contributed by atoms with Crippen molar-refractivity contribution < 1.29 is 13.9 Å². The van der Waals surface area contributed by atoms with Crippen LogP contribution in [-0.4, -0.2) is 43.0 Å². The van der Waals surface area contributed by atoms with E-state index in [2.05, 4.69) is 11.6 Å². The maximum Gasteiger partial charge on any atom is 0.414 e. The van der Waals surface area contributed by atoms with Crippen LogP contribution in [0.4, 0.5) is 9.18 Å². The number of halogens is 1. The standard InChI is InChI=1S/C14H20FN3O2S/c1-5-9-20-14(19)18(4)13(6-2)21-12(16)8-7-11(15)10-17-3/h5-7,10,16H,1,8-9H2,2-4H3/b11-7+,13-6+,16-12?,17-10-. The quantitative estimate of drug-likeness (QED) is 0.442. The fourth-order valence-electron chi connectivity index (χ4n) is 1.17. The molecule has 0 radical (unpaired) electrons. The molecule has 0 aliphatic carbocycles. The van der Waals surface area contributed by atoms with Crippen LogP contribution in [0.5, 0.6) is 0 Å². The Kier molecular flexibility index (Phi) is 9.87. The van der Waals surface area contributed by atoms with Crippen LogP contribution in [-0.2, 0) is 4.74 Å². The normalized spacial score (nSPS) is 12.4. The van der Waals surface area contributed by atoms with Crippen LogP contribution in [0, 0.1) is 5.41 Å². The summed E-state index contributed by atoms with van der Waals surface area (Å²) in [5.74, 6) is -0.497. The van der Waals surface area contributed by atoms with E-state index < -0.39 is 11.9 Å². The first-order valence-corrected chi connectivity index (χ1v) is 6.98. The van der Waals surface area contributed by atoms with E-state index in [-0.39, 0.29) is 18.1 Å². The van der Waals surface area contributed by atoms with Gasteiger partial charge in [0.1, 0.15) is 12.4 Å². The lowest BCUT2D eigenvalue weighted by molar-refractivity contribution is 0.134. The predicted octanol–water partition coefficient (Wildman–Crippen LogP) is 3.76. The van der Waals surface area contributed by atoms with E-state index in [9.17, 15) is 9.18 Å². The molecule has 0 fully saturated rings. The summed E-state index contributed by atoms with van der Waals surface area (Å²) < 4.78 is 18.0. The molecule has 0 saturated carbocycles. The summed E-state index contributed by atoms with van der Waals surface area (Å²) in [4.78, 5) is 16.5. The number of ether oxygens (including phenoxy) is 1. The predicted molar refractivity (Wildman–Crippen MR) is 86.6 cm³/mol. The SMILES string of the molecule is C=CCOC(=O)N(C)/C(=C\C)SC(=N)C/C=C(F)\C=N/C. The van der Waals surface area contributed by atoms with E-state index >= 15 is 0 Å². The van der Waals surface area contributed by atoms with Gasteiger partial charge in [0.15, 0.2) is 0 Å². The molecule has 0 aromatic heterocycles. The summed E-state index contributed by atoms with van der Waals surface area (Å²) in [7, 11) is 3.01. The summed E-state index contributed by atoms with van der Waals surface area (Å²) >= 11 is 1.06. The Balaban J connectivity index is 4.56. The van der Waals surface area contributed by atoms with Gasteiger partial charge in [0.05, 0.1) is 16.3 Å². The molecule has 0 rings (SSSR count). The summed E-state index contributed by atoms with van der Waals surface area (Å²) in [5.41, 5.74) is 0. The number of hydrogen-bond acceptors (Lipinski definition) is 5. The highest BCUT2D eigenvalue weighted by Gasteiger charge is 2.15. The summed E-state index contributed by atoms with van der Waals surface area (Å²) in [6.07, 6.45) is 5.07. The molecule has 21 heavy (non-hydrogen) atoms. The molecule has 0 aromatic carbocycles. The first-order chi connectivity index (χ1) is 9.96. The van der Waals surface area contributed by atoms with Crippen molar-refractivity contribution >= 4 is 29.1 Å². The molecule has 1 amide bonds. The number of hydrogen-bond donors (Lipinski definition) is 1. The van der Waals surface area contributed by atoms with E-state index in [1.807, 2.05) is 0 Å². The van der Waals surface area contributed by atoms with Crippen LogP contribution >= 0.6 is 11.8 Å². The molecule has 0 atom stereocenters. The fourth-order valence-corrected chi connectivity index (χ4v) is 1.92. The Morgan fingerprint density at radius 1 is 1.57 bits per heavy atom. The lowest BCUT2D eigenvalue weighted by Crippen LogP contribution is -2.26. The van der Waals surface area contributed by atoms with E-state index in [0.29, 0.717) is 5.03 Å². The summed E-state index contributed by atoms with van der Waals surface area (Å²) in [5, 5.41) is 8.53. The fraction of sp³-hybridized carbons (Fsp3) is 0.357. The van der Waals surface area contributed by atoms with Crippen LogP contribution in [0.25, 0.3) is 0 Å². The lowest BCUT2D eigenvalue weighted by atomic mass is 10.4. The summed E-state index contributed by atoms with van der Waals surface area (Å²) in [6, 6.07) is 0. The highest BCUT2D eigenvalue weighted by molar-refractivity contribution is 8.17. The molecule has 1 N–H and O–H groups in total. The molecule has 0 saturated heterocycles. The van der Waals surface area contributed by atoms with Gasteiger partial charge in [0.2, 0.25) is 0 Å². The molecular formula is C14H20FN3O2S. The Morgan fingerprint density at radius 2 is 2.24 bits per heavy atom. The molecular weight excluding hydrogens is 293 g/mol. The second-order valence-corrected chi connectivity index (χ2v) is 4.87. The first kappa shape index (κ1) is 19.1. The van der Waals surface area contributed by atoms with E-state index in [4.69, 9.17) is 10.1 Å². The minimum absolute atomic E-state index is 0.118. The maximum atomic E-state index is 13.1. The molecule has 0 unspecified atom stereocenters. The number of nitrogens with zero attached hydrogens (tertiary/aromatic N) is 2. The number of rotatable bonds is 7. The zero-order valence-corrected chi connectivity index (χ0v) is 13.2. The Labute approximate surface area is 128 Å². The molecule has 0 bridgehead atoms. The van der Waals surface area contributed by atoms with Crippen molar-refractivity contribution in [1.29, 1.82) is 5.41 Å². The Morgan fingerprint density at radius 3 is 2.76 bits per heavy atom. The van der Waals surface area contributed by atoms with Crippen molar-refractivity contribution in [3.63, 3.8) is 0 Å². The van der Waals surface area contributed by atoms with Gasteiger partial charge in [0.25, 0.3) is 0 Å². The lowest BCUT2D eigenvalue weighted by Gasteiger charge is -2.19.